The fourth-order valence-corrected chi connectivity index (χ4v) is 2.28. The van der Waals surface area contributed by atoms with Gasteiger partial charge >= 0.3 is 6.09 Å². The van der Waals surface area contributed by atoms with Crippen molar-refractivity contribution in [3.63, 3.8) is 0 Å². The van der Waals surface area contributed by atoms with Gasteiger partial charge in [-0.25, -0.2) is 4.79 Å². The van der Waals surface area contributed by atoms with Gasteiger partial charge in [-0.2, -0.15) is 0 Å². The molecule has 1 aliphatic rings. The first-order valence-electron chi connectivity index (χ1n) is 7.01. The lowest BCUT2D eigenvalue weighted by molar-refractivity contribution is -0.123. The number of nitrogens with zero attached hydrogens (tertiary/aromatic N) is 1. The van der Waals surface area contributed by atoms with Gasteiger partial charge in [-0.05, 0) is 40.5 Å². The number of piperidine rings is 1. The molecule has 0 aromatic heterocycles. The molecule has 0 spiro atoms. The first-order chi connectivity index (χ1) is 9.03. The second-order valence-electron chi connectivity index (χ2n) is 6.49. The summed E-state index contributed by atoms with van der Waals surface area (Å²) in [4.78, 5) is 24.6. The van der Waals surface area contributed by atoms with Crippen LogP contribution in [0.2, 0.25) is 0 Å². The van der Waals surface area contributed by atoms with Crippen LogP contribution in [0.5, 0.6) is 0 Å². The summed E-state index contributed by atoms with van der Waals surface area (Å²) in [7, 11) is 0. The highest BCUT2D eigenvalue weighted by atomic mass is 16.6. The monoisotopic (exact) mass is 286 g/mol. The van der Waals surface area contributed by atoms with E-state index in [0.717, 1.165) is 0 Å². The zero-order valence-electron chi connectivity index (χ0n) is 13.0. The molecule has 116 valence electrons. The van der Waals surface area contributed by atoms with Gasteiger partial charge in [-0.3, -0.25) is 4.79 Å². The van der Waals surface area contributed by atoms with Crippen molar-refractivity contribution in [3.8, 4) is 0 Å². The molecular formula is C14H26N2O4. The topological polar surface area (TPSA) is 78.9 Å². The molecule has 1 atom stereocenters. The number of likely N-dealkylation sites (tertiary alicyclic amines) is 1. The zero-order valence-corrected chi connectivity index (χ0v) is 13.0. The lowest BCUT2D eigenvalue weighted by Crippen LogP contribution is -2.57. The number of rotatable bonds is 2. The molecule has 0 radical (unpaired) electrons. The summed E-state index contributed by atoms with van der Waals surface area (Å²) in [6.07, 6.45) is 0.494. The Morgan fingerprint density at radius 2 is 1.80 bits per heavy atom. The Hall–Kier alpha value is -1.30. The Labute approximate surface area is 120 Å². The summed E-state index contributed by atoms with van der Waals surface area (Å²) >= 11 is 0. The molecule has 1 heterocycles. The lowest BCUT2D eigenvalue weighted by Gasteiger charge is -2.41. The fraction of sp³-hybridized carbons (Fsp3) is 0.857. The van der Waals surface area contributed by atoms with Crippen molar-refractivity contribution in [3.05, 3.63) is 0 Å². The molecule has 2 amide bonds. The normalized spacial score (nSPS) is 20.2. The van der Waals surface area contributed by atoms with Crippen molar-refractivity contribution in [2.75, 3.05) is 13.1 Å². The van der Waals surface area contributed by atoms with Gasteiger partial charge in [0, 0.05) is 20.0 Å². The number of amides is 2. The fourth-order valence-electron chi connectivity index (χ4n) is 2.28. The van der Waals surface area contributed by atoms with E-state index < -0.39 is 11.2 Å². The summed E-state index contributed by atoms with van der Waals surface area (Å²) < 4.78 is 5.31. The van der Waals surface area contributed by atoms with Crippen molar-refractivity contribution in [1.82, 2.24) is 10.2 Å². The molecule has 0 bridgehead atoms. The third kappa shape index (κ3) is 4.67. The van der Waals surface area contributed by atoms with Crippen molar-refractivity contribution in [1.29, 1.82) is 0 Å². The molecular weight excluding hydrogens is 260 g/mol. The van der Waals surface area contributed by atoms with Gasteiger partial charge in [0.15, 0.2) is 0 Å². The smallest absolute Gasteiger partial charge is 0.410 e. The van der Waals surface area contributed by atoms with Crippen LogP contribution in [0, 0.1) is 0 Å². The van der Waals surface area contributed by atoms with Crippen molar-refractivity contribution >= 4 is 12.0 Å². The van der Waals surface area contributed by atoms with E-state index in [9.17, 15) is 14.7 Å². The molecule has 1 saturated heterocycles. The number of nitrogens with one attached hydrogen (secondary N) is 1. The van der Waals surface area contributed by atoms with Gasteiger partial charge in [0.05, 0.1) is 11.6 Å². The van der Waals surface area contributed by atoms with Gasteiger partial charge in [0.1, 0.15) is 5.60 Å². The quantitative estimate of drug-likeness (QED) is 0.801. The van der Waals surface area contributed by atoms with Crippen LogP contribution in [0.15, 0.2) is 0 Å². The van der Waals surface area contributed by atoms with Crippen molar-refractivity contribution in [2.24, 2.45) is 0 Å². The third-order valence-corrected chi connectivity index (χ3v) is 3.51. The minimum Gasteiger partial charge on any atom is -0.444 e. The Morgan fingerprint density at radius 1 is 1.30 bits per heavy atom. The molecule has 6 nitrogen and oxygen atoms in total. The van der Waals surface area contributed by atoms with E-state index in [1.807, 2.05) is 20.8 Å². The predicted molar refractivity (Wildman–Crippen MR) is 75.3 cm³/mol. The van der Waals surface area contributed by atoms with E-state index in [1.165, 1.54) is 6.92 Å². The average molecular weight is 286 g/mol. The van der Waals surface area contributed by atoms with Crippen molar-refractivity contribution < 1.29 is 19.4 Å². The highest BCUT2D eigenvalue weighted by Crippen LogP contribution is 2.26. The van der Waals surface area contributed by atoms with Crippen molar-refractivity contribution in [2.45, 2.75) is 64.7 Å². The zero-order chi connectivity index (χ0) is 15.6. The molecule has 6 heteroatoms. The third-order valence-electron chi connectivity index (χ3n) is 3.51. The van der Waals surface area contributed by atoms with E-state index in [1.54, 1.807) is 11.8 Å². The maximum Gasteiger partial charge on any atom is 0.410 e. The number of aliphatic hydroxyl groups is 1. The Kier molecular flexibility index (Phi) is 5.02. The number of hydrogen-bond donors (Lipinski definition) is 2. The van der Waals surface area contributed by atoms with Crippen LogP contribution < -0.4 is 5.32 Å². The first kappa shape index (κ1) is 16.8. The summed E-state index contributed by atoms with van der Waals surface area (Å²) in [6, 6.07) is -0.333. The Balaban J connectivity index is 2.54. The van der Waals surface area contributed by atoms with Crippen LogP contribution in [0.3, 0.4) is 0 Å². The minimum absolute atomic E-state index is 0.166. The van der Waals surface area contributed by atoms with E-state index in [0.29, 0.717) is 25.9 Å². The van der Waals surface area contributed by atoms with Crippen LogP contribution in [0.4, 0.5) is 4.79 Å². The van der Waals surface area contributed by atoms with Gasteiger partial charge in [0.25, 0.3) is 0 Å². The SMILES string of the molecule is CC(=O)NC(C)C1(O)CCN(C(=O)OC(C)(C)C)CC1. The summed E-state index contributed by atoms with van der Waals surface area (Å²) in [5.74, 6) is -0.166. The molecule has 0 aliphatic carbocycles. The van der Waals surface area contributed by atoms with Gasteiger partial charge in [-0.1, -0.05) is 0 Å². The lowest BCUT2D eigenvalue weighted by atomic mass is 9.85. The van der Waals surface area contributed by atoms with Crippen LogP contribution in [0.1, 0.15) is 47.5 Å². The maximum absolute atomic E-state index is 11.9. The van der Waals surface area contributed by atoms with E-state index >= 15 is 0 Å². The highest BCUT2D eigenvalue weighted by molar-refractivity contribution is 5.73. The molecule has 0 saturated carbocycles. The van der Waals surface area contributed by atoms with Crippen LogP contribution in [0.25, 0.3) is 0 Å². The predicted octanol–water partition coefficient (Wildman–Crippen LogP) is 1.27. The molecule has 1 aliphatic heterocycles. The summed E-state index contributed by atoms with van der Waals surface area (Å²) in [5.41, 5.74) is -1.49. The standard InChI is InChI=1S/C14H26N2O4/c1-10(15-11(2)17)14(19)6-8-16(9-7-14)12(18)20-13(3,4)5/h10,19H,6-9H2,1-5H3,(H,15,17). The van der Waals surface area contributed by atoms with Gasteiger partial charge < -0.3 is 20.1 Å². The number of ether oxygens (including phenoxy) is 1. The Bertz CT molecular complexity index is 368. The number of hydrogen-bond acceptors (Lipinski definition) is 4. The number of carbonyl (C=O) groups excluding carboxylic acids is 2. The summed E-state index contributed by atoms with van der Waals surface area (Å²) in [6.45, 7) is 9.53. The van der Waals surface area contributed by atoms with Gasteiger partial charge in [0.2, 0.25) is 5.91 Å². The van der Waals surface area contributed by atoms with Gasteiger partial charge in [-0.15, -0.1) is 0 Å². The highest BCUT2D eigenvalue weighted by Gasteiger charge is 2.39. The molecule has 0 aromatic rings. The summed E-state index contributed by atoms with van der Waals surface area (Å²) in [5, 5.41) is 13.2. The minimum atomic E-state index is -0.968. The van der Waals surface area contributed by atoms with E-state index in [2.05, 4.69) is 5.32 Å². The van der Waals surface area contributed by atoms with Crippen LogP contribution >= 0.6 is 0 Å². The second-order valence-corrected chi connectivity index (χ2v) is 6.49. The number of carbonyl (C=O) groups is 2. The average Bonchev–Trinajstić information content (AvgIpc) is 2.26. The largest absolute Gasteiger partial charge is 0.444 e. The molecule has 1 fully saturated rings. The second kappa shape index (κ2) is 5.99. The van der Waals surface area contributed by atoms with Crippen LogP contribution in [-0.2, 0) is 9.53 Å². The molecule has 2 N–H and O–H groups in total. The first-order valence-corrected chi connectivity index (χ1v) is 7.01. The maximum atomic E-state index is 11.9. The van der Waals surface area contributed by atoms with E-state index in [4.69, 9.17) is 4.74 Å². The molecule has 0 aromatic carbocycles. The Morgan fingerprint density at radius 3 is 2.20 bits per heavy atom. The molecule has 20 heavy (non-hydrogen) atoms. The van der Waals surface area contributed by atoms with Crippen LogP contribution in [-0.4, -0.2) is 52.3 Å². The van der Waals surface area contributed by atoms with E-state index in [-0.39, 0.29) is 18.0 Å². The molecule has 1 unspecified atom stereocenters. The molecule has 1 rings (SSSR count).